The summed E-state index contributed by atoms with van der Waals surface area (Å²) in [6.07, 6.45) is 2.15. The zero-order valence-electron chi connectivity index (χ0n) is 11.0. The average Bonchev–Trinajstić information content (AvgIpc) is 2.41. The Labute approximate surface area is 112 Å². The Bertz CT molecular complexity index is 601. The smallest absolute Gasteiger partial charge is 0.139 e. The topological polar surface area (TPSA) is 75.3 Å². The number of nitrogens with zero attached hydrogens (tertiary/aromatic N) is 3. The fraction of sp³-hybridized carbons (Fsp3) is 0.429. The molecule has 1 aromatic carbocycles. The lowest BCUT2D eigenvalue weighted by atomic mass is 9.96. The monoisotopic (exact) mass is 258 g/mol. The van der Waals surface area contributed by atoms with E-state index in [-0.39, 0.29) is 12.0 Å². The molecule has 2 unspecified atom stereocenters. The van der Waals surface area contributed by atoms with Gasteiger partial charge in [-0.05, 0) is 30.5 Å². The summed E-state index contributed by atoms with van der Waals surface area (Å²) < 4.78 is 0. The highest BCUT2D eigenvalue weighted by Crippen LogP contribution is 2.28. The standard InChI is InChI=1S/C14H18N4O/c1-9-7-18(5-4-13(9)19)14-11-6-10(15)2-3-12(11)16-8-17-14/h2-3,6,8-9,13,19H,4-5,7,15H2,1H3. The molecule has 5 nitrogen and oxygen atoms in total. The van der Waals surface area contributed by atoms with Crippen molar-refractivity contribution in [3.63, 3.8) is 0 Å². The SMILES string of the molecule is CC1CN(c2ncnc3ccc(N)cc23)CCC1O. The third-order valence-electron chi connectivity index (χ3n) is 3.80. The van der Waals surface area contributed by atoms with Gasteiger partial charge < -0.3 is 15.7 Å². The van der Waals surface area contributed by atoms with Crippen molar-refractivity contribution in [2.24, 2.45) is 5.92 Å². The highest BCUT2D eigenvalue weighted by atomic mass is 16.3. The molecule has 0 amide bonds. The zero-order chi connectivity index (χ0) is 13.4. The third kappa shape index (κ3) is 2.21. The summed E-state index contributed by atoms with van der Waals surface area (Å²) in [5, 5.41) is 10.8. The van der Waals surface area contributed by atoms with Crippen LogP contribution in [0, 0.1) is 5.92 Å². The van der Waals surface area contributed by atoms with Crippen LogP contribution in [0.5, 0.6) is 0 Å². The summed E-state index contributed by atoms with van der Waals surface area (Å²) in [5.74, 6) is 1.16. The molecule has 2 aromatic rings. The Morgan fingerprint density at radius 1 is 1.37 bits per heavy atom. The van der Waals surface area contributed by atoms with E-state index in [1.165, 1.54) is 0 Å². The number of anilines is 2. The van der Waals surface area contributed by atoms with Crippen LogP contribution in [0.1, 0.15) is 13.3 Å². The van der Waals surface area contributed by atoms with Gasteiger partial charge in [0.25, 0.3) is 0 Å². The molecule has 0 aliphatic carbocycles. The second-order valence-electron chi connectivity index (χ2n) is 5.25. The van der Waals surface area contributed by atoms with Crippen LogP contribution < -0.4 is 10.6 Å². The highest BCUT2D eigenvalue weighted by molar-refractivity contribution is 5.91. The van der Waals surface area contributed by atoms with Crippen molar-refractivity contribution >= 4 is 22.4 Å². The maximum absolute atomic E-state index is 9.82. The molecule has 5 heteroatoms. The van der Waals surface area contributed by atoms with Crippen molar-refractivity contribution in [3.05, 3.63) is 24.5 Å². The maximum Gasteiger partial charge on any atom is 0.139 e. The number of fused-ring (bicyclic) bond motifs is 1. The summed E-state index contributed by atoms with van der Waals surface area (Å²) in [4.78, 5) is 10.9. The van der Waals surface area contributed by atoms with E-state index in [0.29, 0.717) is 5.69 Å². The van der Waals surface area contributed by atoms with Crippen molar-refractivity contribution < 1.29 is 5.11 Å². The number of nitrogens with two attached hydrogens (primary N) is 1. The van der Waals surface area contributed by atoms with E-state index < -0.39 is 0 Å². The van der Waals surface area contributed by atoms with Gasteiger partial charge in [-0.25, -0.2) is 9.97 Å². The molecular weight excluding hydrogens is 240 g/mol. The number of aliphatic hydroxyl groups is 1. The number of benzene rings is 1. The molecule has 0 saturated carbocycles. The van der Waals surface area contributed by atoms with Crippen LogP contribution >= 0.6 is 0 Å². The average molecular weight is 258 g/mol. The van der Waals surface area contributed by atoms with Crippen molar-refractivity contribution in [1.82, 2.24) is 9.97 Å². The first kappa shape index (κ1) is 12.2. The van der Waals surface area contributed by atoms with Crippen LogP contribution in [0.15, 0.2) is 24.5 Å². The molecule has 0 spiro atoms. The molecule has 1 saturated heterocycles. The molecule has 2 heterocycles. The number of aliphatic hydroxyl groups excluding tert-OH is 1. The van der Waals surface area contributed by atoms with Gasteiger partial charge in [0.2, 0.25) is 0 Å². The quantitative estimate of drug-likeness (QED) is 0.757. The second kappa shape index (κ2) is 4.66. The Hall–Kier alpha value is -1.88. The van der Waals surface area contributed by atoms with Crippen LogP contribution in [-0.2, 0) is 0 Å². The first-order chi connectivity index (χ1) is 9.15. The van der Waals surface area contributed by atoms with E-state index >= 15 is 0 Å². The van der Waals surface area contributed by atoms with Gasteiger partial charge in [-0.15, -0.1) is 0 Å². The number of nitrogen functional groups attached to an aromatic ring is 1. The molecule has 3 N–H and O–H groups in total. The van der Waals surface area contributed by atoms with Gasteiger partial charge in [-0.3, -0.25) is 0 Å². The molecule has 100 valence electrons. The van der Waals surface area contributed by atoms with Gasteiger partial charge in [-0.2, -0.15) is 0 Å². The Morgan fingerprint density at radius 2 is 2.21 bits per heavy atom. The van der Waals surface area contributed by atoms with Gasteiger partial charge >= 0.3 is 0 Å². The van der Waals surface area contributed by atoms with E-state index in [1.807, 2.05) is 18.2 Å². The molecule has 2 atom stereocenters. The van der Waals surface area contributed by atoms with Crippen molar-refractivity contribution in [1.29, 1.82) is 0 Å². The number of rotatable bonds is 1. The molecule has 19 heavy (non-hydrogen) atoms. The minimum atomic E-state index is -0.213. The number of hydrogen-bond donors (Lipinski definition) is 2. The van der Waals surface area contributed by atoms with E-state index in [1.54, 1.807) is 6.33 Å². The minimum Gasteiger partial charge on any atom is -0.399 e. The van der Waals surface area contributed by atoms with E-state index in [9.17, 15) is 5.11 Å². The minimum absolute atomic E-state index is 0.213. The van der Waals surface area contributed by atoms with E-state index in [4.69, 9.17) is 5.73 Å². The van der Waals surface area contributed by atoms with Gasteiger partial charge in [0, 0.05) is 24.2 Å². The fourth-order valence-corrected chi connectivity index (χ4v) is 2.64. The largest absolute Gasteiger partial charge is 0.399 e. The summed E-state index contributed by atoms with van der Waals surface area (Å²) in [6.45, 7) is 3.68. The molecule has 1 aliphatic rings. The van der Waals surface area contributed by atoms with Crippen molar-refractivity contribution in [2.75, 3.05) is 23.7 Å². The molecule has 0 bridgehead atoms. The lowest BCUT2D eigenvalue weighted by Crippen LogP contribution is -2.42. The normalized spacial score (nSPS) is 23.8. The summed E-state index contributed by atoms with van der Waals surface area (Å²) in [5.41, 5.74) is 7.47. The molecule has 3 rings (SSSR count). The molecule has 1 aromatic heterocycles. The van der Waals surface area contributed by atoms with Gasteiger partial charge in [0.15, 0.2) is 0 Å². The van der Waals surface area contributed by atoms with Crippen LogP contribution in [0.3, 0.4) is 0 Å². The van der Waals surface area contributed by atoms with Crippen LogP contribution in [0.2, 0.25) is 0 Å². The second-order valence-corrected chi connectivity index (χ2v) is 5.25. The summed E-state index contributed by atoms with van der Waals surface area (Å²) in [6, 6.07) is 5.68. The summed E-state index contributed by atoms with van der Waals surface area (Å²) >= 11 is 0. The van der Waals surface area contributed by atoms with E-state index in [2.05, 4.69) is 21.8 Å². The lowest BCUT2D eigenvalue weighted by molar-refractivity contribution is 0.0969. The zero-order valence-corrected chi connectivity index (χ0v) is 11.0. The van der Waals surface area contributed by atoms with Crippen molar-refractivity contribution in [3.8, 4) is 0 Å². The van der Waals surface area contributed by atoms with Gasteiger partial charge in [0.1, 0.15) is 12.1 Å². The Kier molecular flexibility index (Phi) is 2.98. The fourth-order valence-electron chi connectivity index (χ4n) is 2.64. The first-order valence-corrected chi connectivity index (χ1v) is 6.58. The number of hydrogen-bond acceptors (Lipinski definition) is 5. The van der Waals surface area contributed by atoms with Crippen molar-refractivity contribution in [2.45, 2.75) is 19.4 Å². The molecule has 1 fully saturated rings. The van der Waals surface area contributed by atoms with Gasteiger partial charge in [-0.1, -0.05) is 6.92 Å². The van der Waals surface area contributed by atoms with Crippen LogP contribution in [-0.4, -0.2) is 34.3 Å². The Morgan fingerprint density at radius 3 is 3.00 bits per heavy atom. The first-order valence-electron chi connectivity index (χ1n) is 6.58. The molecular formula is C14H18N4O. The molecule has 0 radical (unpaired) electrons. The number of aromatic nitrogens is 2. The molecule has 1 aliphatic heterocycles. The lowest BCUT2D eigenvalue weighted by Gasteiger charge is -2.35. The van der Waals surface area contributed by atoms with Gasteiger partial charge in [0.05, 0.1) is 11.6 Å². The van der Waals surface area contributed by atoms with E-state index in [0.717, 1.165) is 36.2 Å². The predicted molar refractivity (Wildman–Crippen MR) is 76.0 cm³/mol. The number of piperidine rings is 1. The van der Waals surface area contributed by atoms with Crippen LogP contribution in [0.4, 0.5) is 11.5 Å². The Balaban J connectivity index is 2.03. The third-order valence-corrected chi connectivity index (χ3v) is 3.80. The predicted octanol–water partition coefficient (Wildman–Crippen LogP) is 1.42. The summed E-state index contributed by atoms with van der Waals surface area (Å²) in [7, 11) is 0. The highest BCUT2D eigenvalue weighted by Gasteiger charge is 2.25. The maximum atomic E-state index is 9.82. The van der Waals surface area contributed by atoms with Crippen LogP contribution in [0.25, 0.3) is 10.9 Å².